The van der Waals surface area contributed by atoms with Crippen LogP contribution >= 0.6 is 0 Å². The maximum absolute atomic E-state index is 12.3. The minimum absolute atomic E-state index is 0.0289. The van der Waals surface area contributed by atoms with E-state index in [9.17, 15) is 41.2 Å². The van der Waals surface area contributed by atoms with Gasteiger partial charge in [-0.05, 0) is 83.9 Å². The monoisotopic (exact) mass is 763 g/mol. The van der Waals surface area contributed by atoms with Crippen molar-refractivity contribution >= 4 is 83.0 Å². The van der Waals surface area contributed by atoms with Gasteiger partial charge in [0.15, 0.2) is 0 Å². The molecule has 16 nitrogen and oxygen atoms in total. The van der Waals surface area contributed by atoms with Gasteiger partial charge in [-0.3, -0.25) is 19.2 Å². The molecule has 0 aromatic heterocycles. The maximum atomic E-state index is 12.3. The highest BCUT2D eigenvalue weighted by atomic mass is 32.2. The molecule has 0 unspecified atom stereocenters. The van der Waals surface area contributed by atoms with E-state index in [1.807, 2.05) is 12.1 Å². The van der Waals surface area contributed by atoms with Crippen molar-refractivity contribution in [2.75, 3.05) is 0 Å². The number of nitro groups is 1. The maximum Gasteiger partial charge on any atom is 0.296 e. The Labute approximate surface area is 306 Å². The van der Waals surface area contributed by atoms with Gasteiger partial charge in [0.05, 0.1) is 33.4 Å². The van der Waals surface area contributed by atoms with E-state index in [0.717, 1.165) is 18.2 Å². The van der Waals surface area contributed by atoms with Gasteiger partial charge in [0, 0.05) is 22.9 Å². The first kappa shape index (κ1) is 36.9. The van der Waals surface area contributed by atoms with Crippen LogP contribution in [0.5, 0.6) is 5.75 Å². The molecule has 54 heavy (non-hydrogen) atoms. The third-order valence-corrected chi connectivity index (χ3v) is 9.40. The number of phenols is 1. The van der Waals surface area contributed by atoms with Crippen molar-refractivity contribution in [1.29, 1.82) is 0 Å². The number of phenolic OH excluding ortho intramolecular Hbond substituents is 1. The van der Waals surface area contributed by atoms with Gasteiger partial charge in [0.25, 0.3) is 25.9 Å². The molecule has 0 aliphatic heterocycles. The van der Waals surface area contributed by atoms with Gasteiger partial charge in [-0.15, -0.1) is 15.3 Å². The molecule has 0 saturated carbocycles. The van der Waals surface area contributed by atoms with Crippen LogP contribution in [0.15, 0.2) is 162 Å². The zero-order chi connectivity index (χ0) is 38.5. The molecule has 3 N–H and O–H groups in total. The molecule has 6 aromatic rings. The first-order valence-electron chi connectivity index (χ1n) is 15.5. The van der Waals surface area contributed by atoms with Crippen LogP contribution in [0.2, 0.25) is 0 Å². The summed E-state index contributed by atoms with van der Waals surface area (Å²) >= 11 is 0. The van der Waals surface area contributed by atoms with Crippen LogP contribution in [0.3, 0.4) is 0 Å². The van der Waals surface area contributed by atoms with E-state index in [1.54, 1.807) is 60.7 Å². The Balaban J connectivity index is 1.21. The minimum atomic E-state index is -4.78. The Hall–Kier alpha value is -6.86. The highest BCUT2D eigenvalue weighted by Gasteiger charge is 2.19. The van der Waals surface area contributed by atoms with Crippen molar-refractivity contribution in [2.24, 2.45) is 30.7 Å². The lowest BCUT2D eigenvalue weighted by atomic mass is 10.1. The Bertz CT molecular complexity index is 2750. The van der Waals surface area contributed by atoms with Crippen molar-refractivity contribution in [1.82, 2.24) is 0 Å². The molecular formula is C36H25N7O9S2. The average Bonchev–Trinajstić information content (AvgIpc) is 3.15. The van der Waals surface area contributed by atoms with E-state index in [4.69, 9.17) is 0 Å². The molecule has 270 valence electrons. The van der Waals surface area contributed by atoms with Gasteiger partial charge >= 0.3 is 0 Å². The molecule has 0 aliphatic rings. The zero-order valence-electron chi connectivity index (χ0n) is 27.4. The lowest BCUT2D eigenvalue weighted by molar-refractivity contribution is -0.385. The molecule has 0 spiro atoms. The van der Waals surface area contributed by atoms with Crippen LogP contribution in [0.1, 0.15) is 11.1 Å². The highest BCUT2D eigenvalue weighted by Crippen LogP contribution is 2.37. The Morgan fingerprint density at radius 2 is 1.04 bits per heavy atom. The Morgan fingerprint density at radius 1 is 0.537 bits per heavy atom. The summed E-state index contributed by atoms with van der Waals surface area (Å²) in [6.45, 7) is 0. The van der Waals surface area contributed by atoms with Crippen LogP contribution in [0, 0.1) is 10.1 Å². The van der Waals surface area contributed by atoms with Gasteiger partial charge < -0.3 is 5.11 Å². The van der Waals surface area contributed by atoms with Crippen LogP contribution in [0.25, 0.3) is 22.9 Å². The smallest absolute Gasteiger partial charge is 0.296 e. The molecule has 18 heteroatoms. The number of hydrogen-bond donors (Lipinski definition) is 3. The minimum Gasteiger partial charge on any atom is -0.508 e. The van der Waals surface area contributed by atoms with Gasteiger partial charge in [-0.1, -0.05) is 48.6 Å². The van der Waals surface area contributed by atoms with E-state index in [2.05, 4.69) is 30.7 Å². The average molecular weight is 764 g/mol. The molecule has 0 fully saturated rings. The predicted octanol–water partition coefficient (Wildman–Crippen LogP) is 10.4. The number of nitrogens with zero attached hydrogens (tertiary/aromatic N) is 7. The number of rotatable bonds is 11. The third-order valence-electron chi connectivity index (χ3n) is 7.60. The van der Waals surface area contributed by atoms with E-state index >= 15 is 0 Å². The van der Waals surface area contributed by atoms with Crippen LogP contribution < -0.4 is 0 Å². The van der Waals surface area contributed by atoms with Crippen molar-refractivity contribution in [3.05, 3.63) is 143 Å². The largest absolute Gasteiger partial charge is 0.508 e. The fraction of sp³-hybridized carbons (Fsp3) is 0. The van der Waals surface area contributed by atoms with E-state index in [-0.39, 0.29) is 22.7 Å². The molecule has 6 aromatic carbocycles. The van der Waals surface area contributed by atoms with Crippen molar-refractivity contribution in [3.63, 3.8) is 0 Å². The lowest BCUT2D eigenvalue weighted by Crippen LogP contribution is -2.02. The molecular weight excluding hydrogens is 739 g/mol. The SMILES string of the molecule is O=[N+]([O-])c1ccc(/C=C/c2ccc(N=Nc3ccc(N=Nc4ccc(N=Nc5ccc(O)cc5)c5ccccc45)c(S(=O)(=O)O)c3)cc2)c(S(=O)(=O)O)c1. The zero-order valence-corrected chi connectivity index (χ0v) is 29.1. The summed E-state index contributed by atoms with van der Waals surface area (Å²) in [6.07, 6.45) is 2.88. The fourth-order valence-corrected chi connectivity index (χ4v) is 6.33. The number of benzene rings is 6. The van der Waals surface area contributed by atoms with Gasteiger partial charge in [-0.2, -0.15) is 32.2 Å². The van der Waals surface area contributed by atoms with Crippen molar-refractivity contribution in [2.45, 2.75) is 9.79 Å². The number of hydrogen-bond acceptors (Lipinski definition) is 13. The molecule has 0 radical (unpaired) electrons. The van der Waals surface area contributed by atoms with E-state index in [0.29, 0.717) is 39.1 Å². The van der Waals surface area contributed by atoms with Crippen LogP contribution in [-0.2, 0) is 20.2 Å². The molecule has 6 rings (SSSR count). The summed E-state index contributed by atoms with van der Waals surface area (Å²) in [5, 5.41) is 47.0. The summed E-state index contributed by atoms with van der Waals surface area (Å²) in [5.41, 5.74) is 1.86. The summed E-state index contributed by atoms with van der Waals surface area (Å²) in [4.78, 5) is 9.08. The molecule has 0 amide bonds. The Kier molecular flexibility index (Phi) is 10.5. The second kappa shape index (κ2) is 15.4. The molecule has 0 heterocycles. The highest BCUT2D eigenvalue weighted by molar-refractivity contribution is 7.86. The number of aromatic hydroxyl groups is 1. The van der Waals surface area contributed by atoms with Crippen molar-refractivity contribution in [3.8, 4) is 5.75 Å². The number of fused-ring (bicyclic) bond motifs is 1. The third kappa shape index (κ3) is 8.95. The van der Waals surface area contributed by atoms with Crippen molar-refractivity contribution < 1.29 is 36.0 Å². The summed E-state index contributed by atoms with van der Waals surface area (Å²) < 4.78 is 67.8. The fourth-order valence-electron chi connectivity index (χ4n) is 4.99. The topological polar surface area (TPSA) is 246 Å². The molecule has 0 saturated heterocycles. The summed E-state index contributed by atoms with van der Waals surface area (Å²) in [5.74, 6) is 0.104. The standard InChI is InChI=1S/C36H25N7O9S2/c44-29-16-12-26(13-17-29)38-40-32-19-20-33(31-4-2-1-3-30(31)32)41-42-34-18-14-27(21-36(34)54(50,51)52)39-37-25-10-6-23(7-11-25)5-8-24-9-15-28(43(45)46)22-35(24)53(47,48)49/h1-22,44H,(H,47,48,49)(H,50,51,52)/b8-5+,39-37?,40-38?,42-41?. The second-order valence-electron chi connectivity index (χ2n) is 11.3. The Morgan fingerprint density at radius 3 is 1.63 bits per heavy atom. The van der Waals surface area contributed by atoms with E-state index in [1.165, 1.54) is 42.5 Å². The molecule has 0 aliphatic carbocycles. The van der Waals surface area contributed by atoms with Gasteiger partial charge in [0.2, 0.25) is 0 Å². The summed E-state index contributed by atoms with van der Waals surface area (Å²) in [6, 6.07) is 30.0. The first-order chi connectivity index (χ1) is 25.7. The molecule has 0 atom stereocenters. The first-order valence-corrected chi connectivity index (χ1v) is 18.3. The predicted molar refractivity (Wildman–Crippen MR) is 199 cm³/mol. The summed E-state index contributed by atoms with van der Waals surface area (Å²) in [7, 11) is -9.52. The number of nitro benzene ring substituents is 1. The quantitative estimate of drug-likeness (QED) is 0.0373. The van der Waals surface area contributed by atoms with Gasteiger partial charge in [-0.25, -0.2) is 0 Å². The van der Waals surface area contributed by atoms with E-state index < -0.39 is 40.6 Å². The second-order valence-corrected chi connectivity index (χ2v) is 14.1. The number of azo groups is 3. The normalized spacial score (nSPS) is 12.5. The lowest BCUT2D eigenvalue weighted by Gasteiger charge is -2.05. The number of non-ortho nitro benzene ring substituents is 1. The van der Waals surface area contributed by atoms with Gasteiger partial charge in [0.1, 0.15) is 21.2 Å². The van der Waals surface area contributed by atoms with Crippen LogP contribution in [0.4, 0.5) is 39.8 Å². The van der Waals surface area contributed by atoms with Crippen LogP contribution in [-0.4, -0.2) is 36.0 Å². The molecule has 0 bridgehead atoms.